The lowest BCUT2D eigenvalue weighted by atomic mass is 9.91. The molecule has 110 valence electrons. The number of ether oxygens (including phenoxy) is 1. The van der Waals surface area contributed by atoms with E-state index >= 15 is 0 Å². The summed E-state index contributed by atoms with van der Waals surface area (Å²) in [7, 11) is -3.31. The van der Waals surface area contributed by atoms with Gasteiger partial charge in [-0.3, -0.25) is 0 Å². The van der Waals surface area contributed by atoms with Gasteiger partial charge < -0.3 is 4.74 Å². The van der Waals surface area contributed by atoms with E-state index in [-0.39, 0.29) is 23.3 Å². The molecular formula is C13H29NO3S. The largest absolute Gasteiger partial charge is 0.364 e. The van der Waals surface area contributed by atoms with E-state index < -0.39 is 10.0 Å². The molecule has 1 atom stereocenters. The van der Waals surface area contributed by atoms with Crippen LogP contribution in [0, 0.1) is 11.3 Å². The van der Waals surface area contributed by atoms with Crippen LogP contribution in [0.25, 0.3) is 0 Å². The van der Waals surface area contributed by atoms with Crippen LogP contribution in [0.15, 0.2) is 0 Å². The summed E-state index contributed by atoms with van der Waals surface area (Å²) < 4.78 is 31.2. The molecule has 0 saturated carbocycles. The minimum absolute atomic E-state index is 0.0619. The predicted molar refractivity (Wildman–Crippen MR) is 75.9 cm³/mol. The van der Waals surface area contributed by atoms with Gasteiger partial charge in [-0.15, -0.1) is 0 Å². The number of hydrogen-bond donors (Lipinski definition) is 1. The molecule has 0 aromatic heterocycles. The van der Waals surface area contributed by atoms with Crippen molar-refractivity contribution in [2.24, 2.45) is 11.3 Å². The van der Waals surface area contributed by atoms with E-state index in [1.165, 1.54) is 0 Å². The van der Waals surface area contributed by atoms with Gasteiger partial charge in [-0.25, -0.2) is 13.1 Å². The van der Waals surface area contributed by atoms with E-state index in [0.29, 0.717) is 6.61 Å². The number of sulfonamides is 1. The molecule has 0 aromatic carbocycles. The Morgan fingerprint density at radius 3 is 2.17 bits per heavy atom. The highest BCUT2D eigenvalue weighted by Gasteiger charge is 2.17. The molecule has 0 aliphatic rings. The van der Waals surface area contributed by atoms with Crippen molar-refractivity contribution >= 4 is 10.0 Å². The average Bonchev–Trinajstić information content (AvgIpc) is 2.14. The maximum atomic E-state index is 11.7. The molecule has 4 nitrogen and oxygen atoms in total. The van der Waals surface area contributed by atoms with Crippen molar-refractivity contribution in [1.82, 2.24) is 4.72 Å². The zero-order valence-electron chi connectivity index (χ0n) is 12.6. The highest BCUT2D eigenvalue weighted by atomic mass is 32.2. The standard InChI is InChI=1S/C13H29NO3S/c1-11(2)12(3)14-18(15,16)10-17-9-7-8-13(4,5)6/h11-12,14H,7-10H2,1-6H3/t12-/m1/s1. The van der Waals surface area contributed by atoms with Gasteiger partial charge in [-0.1, -0.05) is 34.6 Å². The van der Waals surface area contributed by atoms with Crippen LogP contribution in [0.1, 0.15) is 54.4 Å². The Morgan fingerprint density at radius 2 is 1.72 bits per heavy atom. The highest BCUT2D eigenvalue weighted by Crippen LogP contribution is 2.20. The van der Waals surface area contributed by atoms with E-state index in [1.807, 2.05) is 20.8 Å². The van der Waals surface area contributed by atoms with Crippen molar-refractivity contribution in [2.45, 2.75) is 60.4 Å². The van der Waals surface area contributed by atoms with Gasteiger partial charge in [0, 0.05) is 12.6 Å². The number of rotatable bonds is 8. The van der Waals surface area contributed by atoms with Crippen molar-refractivity contribution in [3.63, 3.8) is 0 Å². The van der Waals surface area contributed by atoms with Crippen LogP contribution < -0.4 is 4.72 Å². The van der Waals surface area contributed by atoms with E-state index in [0.717, 1.165) is 12.8 Å². The topological polar surface area (TPSA) is 55.4 Å². The Bertz CT molecular complexity index is 318. The third-order valence-corrected chi connectivity index (χ3v) is 4.03. The van der Waals surface area contributed by atoms with Gasteiger partial charge in [0.15, 0.2) is 5.94 Å². The molecule has 0 rings (SSSR count). The third kappa shape index (κ3) is 9.85. The molecule has 0 fully saturated rings. The molecule has 0 bridgehead atoms. The fraction of sp³-hybridized carbons (Fsp3) is 1.00. The monoisotopic (exact) mass is 279 g/mol. The van der Waals surface area contributed by atoms with Gasteiger partial charge in [0.1, 0.15) is 0 Å². The fourth-order valence-electron chi connectivity index (χ4n) is 1.33. The number of hydrogen-bond acceptors (Lipinski definition) is 3. The second kappa shape index (κ2) is 7.46. The van der Waals surface area contributed by atoms with E-state index in [2.05, 4.69) is 25.5 Å². The summed E-state index contributed by atoms with van der Waals surface area (Å²) >= 11 is 0. The van der Waals surface area contributed by atoms with Gasteiger partial charge in [-0.05, 0) is 31.1 Å². The second-order valence-corrected chi connectivity index (χ2v) is 8.16. The molecule has 0 amide bonds. The first kappa shape index (κ1) is 17.9. The maximum Gasteiger partial charge on any atom is 0.236 e. The lowest BCUT2D eigenvalue weighted by Crippen LogP contribution is -2.38. The summed E-state index contributed by atoms with van der Waals surface area (Å²) in [6.07, 6.45) is 1.92. The molecule has 1 N–H and O–H groups in total. The zero-order chi connectivity index (χ0) is 14.4. The van der Waals surface area contributed by atoms with E-state index in [4.69, 9.17) is 4.74 Å². The second-order valence-electron chi connectivity index (χ2n) is 6.46. The van der Waals surface area contributed by atoms with E-state index in [9.17, 15) is 8.42 Å². The molecule has 0 aliphatic carbocycles. The Labute approximate surface area is 113 Å². The SMILES string of the molecule is CC(C)[C@@H](C)NS(=O)(=O)COCCCC(C)(C)C. The van der Waals surface area contributed by atoms with Crippen LogP contribution in [0.4, 0.5) is 0 Å². The highest BCUT2D eigenvalue weighted by molar-refractivity contribution is 7.89. The Morgan fingerprint density at radius 1 is 1.17 bits per heavy atom. The fourth-order valence-corrected chi connectivity index (χ4v) is 2.57. The Kier molecular flexibility index (Phi) is 7.40. The molecule has 0 heterocycles. The third-order valence-electron chi connectivity index (χ3n) is 2.82. The van der Waals surface area contributed by atoms with Crippen LogP contribution in [0.5, 0.6) is 0 Å². The molecule has 5 heteroatoms. The summed E-state index contributed by atoms with van der Waals surface area (Å²) in [5, 5.41) is 0. The molecule has 0 spiro atoms. The van der Waals surface area contributed by atoms with Crippen LogP contribution >= 0.6 is 0 Å². The van der Waals surface area contributed by atoms with Crippen LogP contribution in [-0.2, 0) is 14.8 Å². The quantitative estimate of drug-likeness (QED) is 0.695. The minimum atomic E-state index is -3.31. The lowest BCUT2D eigenvalue weighted by Gasteiger charge is -2.19. The van der Waals surface area contributed by atoms with Gasteiger partial charge in [0.25, 0.3) is 0 Å². The molecular weight excluding hydrogens is 250 g/mol. The lowest BCUT2D eigenvalue weighted by molar-refractivity contribution is 0.159. The summed E-state index contributed by atoms with van der Waals surface area (Å²) in [5.41, 5.74) is 0.270. The molecule has 0 aromatic rings. The van der Waals surface area contributed by atoms with Crippen LogP contribution in [0.2, 0.25) is 0 Å². The minimum Gasteiger partial charge on any atom is -0.364 e. The van der Waals surface area contributed by atoms with Crippen molar-refractivity contribution in [2.75, 3.05) is 12.5 Å². The Balaban J connectivity index is 3.85. The Hall–Kier alpha value is -0.130. The molecule has 0 aliphatic heterocycles. The van der Waals surface area contributed by atoms with Gasteiger partial charge >= 0.3 is 0 Å². The van der Waals surface area contributed by atoms with Crippen molar-refractivity contribution in [1.29, 1.82) is 0 Å². The summed E-state index contributed by atoms with van der Waals surface area (Å²) in [4.78, 5) is 0. The molecule has 18 heavy (non-hydrogen) atoms. The first-order valence-electron chi connectivity index (χ1n) is 6.61. The van der Waals surface area contributed by atoms with Gasteiger partial charge in [0.05, 0.1) is 0 Å². The normalized spacial score (nSPS) is 15.1. The predicted octanol–water partition coefficient (Wildman–Crippen LogP) is 2.75. The number of nitrogens with one attached hydrogen (secondary N) is 1. The van der Waals surface area contributed by atoms with Gasteiger partial charge in [-0.2, -0.15) is 0 Å². The van der Waals surface area contributed by atoms with Crippen molar-refractivity contribution in [3.05, 3.63) is 0 Å². The van der Waals surface area contributed by atoms with E-state index in [1.54, 1.807) is 0 Å². The summed E-state index contributed by atoms with van der Waals surface area (Å²) in [5.74, 6) is 0.0365. The smallest absolute Gasteiger partial charge is 0.236 e. The first-order valence-corrected chi connectivity index (χ1v) is 8.26. The maximum absolute atomic E-state index is 11.7. The van der Waals surface area contributed by atoms with Crippen LogP contribution in [-0.4, -0.2) is 27.0 Å². The van der Waals surface area contributed by atoms with Gasteiger partial charge in [0.2, 0.25) is 10.0 Å². The van der Waals surface area contributed by atoms with Crippen LogP contribution in [0.3, 0.4) is 0 Å². The molecule has 0 radical (unpaired) electrons. The molecule has 0 saturated heterocycles. The van der Waals surface area contributed by atoms with Crippen molar-refractivity contribution in [3.8, 4) is 0 Å². The summed E-state index contributed by atoms with van der Waals surface area (Å²) in [6.45, 7) is 12.8. The summed E-state index contributed by atoms with van der Waals surface area (Å²) in [6, 6.07) is -0.0619. The first-order chi connectivity index (χ1) is 8.03. The average molecular weight is 279 g/mol. The van der Waals surface area contributed by atoms with Crippen molar-refractivity contribution < 1.29 is 13.2 Å². The zero-order valence-corrected chi connectivity index (χ0v) is 13.4. The molecule has 0 unspecified atom stereocenters.